The third-order valence-electron chi connectivity index (χ3n) is 2.17. The quantitative estimate of drug-likeness (QED) is 0.821. The zero-order valence-corrected chi connectivity index (χ0v) is 10.6. The molecule has 0 aliphatic carbocycles. The molecule has 1 heterocycles. The molecule has 90 valence electrons. The summed E-state index contributed by atoms with van der Waals surface area (Å²) in [6, 6.07) is 5.81. The third kappa shape index (κ3) is 3.41. The van der Waals surface area contributed by atoms with Crippen LogP contribution in [0.3, 0.4) is 0 Å². The number of carboxylic acid groups (broad SMARTS) is 1. The molecule has 0 radical (unpaired) electrons. The van der Waals surface area contributed by atoms with Crippen LogP contribution in [0, 0.1) is 0 Å². The molecular formula is C11H11NO3S2. The van der Waals surface area contributed by atoms with E-state index in [9.17, 15) is 9.59 Å². The van der Waals surface area contributed by atoms with E-state index in [1.54, 1.807) is 0 Å². The zero-order chi connectivity index (χ0) is 12.3. The van der Waals surface area contributed by atoms with E-state index >= 15 is 0 Å². The molecule has 2 N–H and O–H groups in total. The molecule has 1 aromatic rings. The number of carbonyl (C=O) groups excluding carboxylic acids is 1. The van der Waals surface area contributed by atoms with Crippen molar-refractivity contribution in [1.82, 2.24) is 0 Å². The predicted molar refractivity (Wildman–Crippen MR) is 68.8 cm³/mol. The Bertz CT molecular complexity index is 462. The number of amides is 1. The summed E-state index contributed by atoms with van der Waals surface area (Å²) in [5.41, 5.74) is 0.826. The third-order valence-corrected chi connectivity index (χ3v) is 4.24. The lowest BCUT2D eigenvalue weighted by atomic mass is 10.3. The highest BCUT2D eigenvalue weighted by atomic mass is 32.2. The molecular weight excluding hydrogens is 258 g/mol. The fourth-order valence-corrected chi connectivity index (χ4v) is 3.07. The molecule has 6 heteroatoms. The highest BCUT2D eigenvalue weighted by molar-refractivity contribution is 8.00. The van der Waals surface area contributed by atoms with Gasteiger partial charge in [0.15, 0.2) is 0 Å². The number of anilines is 1. The van der Waals surface area contributed by atoms with Crippen molar-refractivity contribution in [2.24, 2.45) is 0 Å². The van der Waals surface area contributed by atoms with E-state index < -0.39 is 5.97 Å². The minimum Gasteiger partial charge on any atom is -0.481 e. The van der Waals surface area contributed by atoms with Gasteiger partial charge in [0.25, 0.3) is 0 Å². The standard InChI is InChI=1S/C11H11NO3S2/c13-10-6-17-9-2-1-7(5-8(9)12-10)16-4-3-11(14)15/h1-2,5H,3-4,6H2,(H,12,13)(H,14,15). The van der Waals surface area contributed by atoms with Gasteiger partial charge in [-0.1, -0.05) is 0 Å². The maximum absolute atomic E-state index is 11.2. The van der Waals surface area contributed by atoms with Crippen molar-refractivity contribution in [2.45, 2.75) is 16.2 Å². The fraction of sp³-hybridized carbons (Fsp3) is 0.273. The number of carbonyl (C=O) groups is 2. The lowest BCUT2D eigenvalue weighted by Gasteiger charge is -2.16. The Balaban J connectivity index is 2.02. The molecule has 0 spiro atoms. The topological polar surface area (TPSA) is 66.4 Å². The number of benzene rings is 1. The Morgan fingerprint density at radius 3 is 3.12 bits per heavy atom. The Kier molecular flexibility index (Phi) is 3.96. The highest BCUT2D eigenvalue weighted by Crippen LogP contribution is 2.34. The Morgan fingerprint density at radius 1 is 1.53 bits per heavy atom. The van der Waals surface area contributed by atoms with Crippen molar-refractivity contribution >= 4 is 41.1 Å². The summed E-state index contributed by atoms with van der Waals surface area (Å²) in [5, 5.41) is 11.4. The normalized spacial score (nSPS) is 14.0. The van der Waals surface area contributed by atoms with Crippen molar-refractivity contribution in [3.05, 3.63) is 18.2 Å². The average Bonchev–Trinajstić information content (AvgIpc) is 2.28. The van der Waals surface area contributed by atoms with Gasteiger partial charge in [-0.15, -0.1) is 23.5 Å². The van der Waals surface area contributed by atoms with Crippen LogP contribution in [-0.4, -0.2) is 28.5 Å². The van der Waals surface area contributed by atoms with E-state index in [1.807, 2.05) is 18.2 Å². The molecule has 17 heavy (non-hydrogen) atoms. The lowest BCUT2D eigenvalue weighted by molar-refractivity contribution is -0.136. The Hall–Kier alpha value is -1.14. The van der Waals surface area contributed by atoms with Gasteiger partial charge in [-0.3, -0.25) is 9.59 Å². The van der Waals surface area contributed by atoms with Crippen molar-refractivity contribution < 1.29 is 14.7 Å². The minimum atomic E-state index is -0.792. The maximum atomic E-state index is 11.2. The number of nitrogens with one attached hydrogen (secondary N) is 1. The molecule has 0 bridgehead atoms. The van der Waals surface area contributed by atoms with E-state index in [-0.39, 0.29) is 12.3 Å². The second kappa shape index (κ2) is 5.46. The van der Waals surface area contributed by atoms with Crippen LogP contribution in [-0.2, 0) is 9.59 Å². The Morgan fingerprint density at radius 2 is 2.35 bits per heavy atom. The molecule has 0 unspecified atom stereocenters. The van der Waals surface area contributed by atoms with Gasteiger partial charge < -0.3 is 10.4 Å². The first-order chi connectivity index (χ1) is 8.15. The highest BCUT2D eigenvalue weighted by Gasteiger charge is 2.15. The largest absolute Gasteiger partial charge is 0.481 e. The van der Waals surface area contributed by atoms with E-state index in [0.717, 1.165) is 15.5 Å². The average molecular weight is 269 g/mol. The summed E-state index contributed by atoms with van der Waals surface area (Å²) in [7, 11) is 0. The van der Waals surface area contributed by atoms with Crippen LogP contribution < -0.4 is 5.32 Å². The monoisotopic (exact) mass is 269 g/mol. The summed E-state index contributed by atoms with van der Waals surface area (Å²) >= 11 is 3.00. The number of rotatable bonds is 4. The molecule has 1 aromatic carbocycles. The van der Waals surface area contributed by atoms with E-state index in [0.29, 0.717) is 11.5 Å². The SMILES string of the molecule is O=C(O)CCSc1ccc2c(c1)NC(=O)CS2. The first-order valence-corrected chi connectivity index (χ1v) is 7.03. The summed E-state index contributed by atoms with van der Waals surface area (Å²) in [4.78, 5) is 23.7. The molecule has 0 fully saturated rings. The number of aliphatic carboxylic acids is 1. The van der Waals surface area contributed by atoms with Crippen LogP contribution in [0.5, 0.6) is 0 Å². The Labute approximate surface area is 107 Å². The van der Waals surface area contributed by atoms with Gasteiger partial charge in [0.05, 0.1) is 17.9 Å². The predicted octanol–water partition coefficient (Wildman–Crippen LogP) is 2.30. The summed E-state index contributed by atoms with van der Waals surface area (Å²) in [6.07, 6.45) is 0.142. The number of hydrogen-bond donors (Lipinski definition) is 2. The second-order valence-corrected chi connectivity index (χ2v) is 5.67. The van der Waals surface area contributed by atoms with Crippen LogP contribution in [0.25, 0.3) is 0 Å². The molecule has 0 atom stereocenters. The number of fused-ring (bicyclic) bond motifs is 1. The van der Waals surface area contributed by atoms with E-state index in [1.165, 1.54) is 23.5 Å². The molecule has 0 saturated carbocycles. The molecule has 2 rings (SSSR count). The van der Waals surface area contributed by atoms with Gasteiger partial charge in [-0.2, -0.15) is 0 Å². The van der Waals surface area contributed by atoms with E-state index in [4.69, 9.17) is 5.11 Å². The molecule has 1 amide bonds. The number of hydrogen-bond acceptors (Lipinski definition) is 4. The first kappa shape index (κ1) is 12.3. The van der Waals surface area contributed by atoms with Crippen molar-refractivity contribution in [3.8, 4) is 0 Å². The van der Waals surface area contributed by atoms with Gasteiger partial charge >= 0.3 is 5.97 Å². The molecule has 1 aliphatic heterocycles. The molecule has 4 nitrogen and oxygen atoms in total. The van der Waals surface area contributed by atoms with Gasteiger partial charge in [0.1, 0.15) is 0 Å². The van der Waals surface area contributed by atoms with Crippen LogP contribution in [0.2, 0.25) is 0 Å². The fourth-order valence-electron chi connectivity index (χ4n) is 1.41. The minimum absolute atomic E-state index is 0.00943. The van der Waals surface area contributed by atoms with Crippen LogP contribution in [0.1, 0.15) is 6.42 Å². The first-order valence-electron chi connectivity index (χ1n) is 5.06. The summed E-state index contributed by atoms with van der Waals surface area (Å²) in [5.74, 6) is 0.211. The van der Waals surface area contributed by atoms with Crippen molar-refractivity contribution in [1.29, 1.82) is 0 Å². The van der Waals surface area contributed by atoms with Crippen LogP contribution in [0.4, 0.5) is 5.69 Å². The lowest BCUT2D eigenvalue weighted by Crippen LogP contribution is -2.18. The van der Waals surface area contributed by atoms with Crippen LogP contribution in [0.15, 0.2) is 28.0 Å². The van der Waals surface area contributed by atoms with Gasteiger partial charge in [0.2, 0.25) is 5.91 Å². The zero-order valence-electron chi connectivity index (χ0n) is 8.93. The van der Waals surface area contributed by atoms with E-state index in [2.05, 4.69) is 5.32 Å². The summed E-state index contributed by atoms with van der Waals surface area (Å²) in [6.45, 7) is 0. The number of thioether (sulfide) groups is 2. The second-order valence-electron chi connectivity index (χ2n) is 3.49. The summed E-state index contributed by atoms with van der Waals surface area (Å²) < 4.78 is 0. The van der Waals surface area contributed by atoms with Crippen molar-refractivity contribution in [3.63, 3.8) is 0 Å². The van der Waals surface area contributed by atoms with Gasteiger partial charge in [-0.05, 0) is 18.2 Å². The van der Waals surface area contributed by atoms with Gasteiger partial charge in [0, 0.05) is 15.5 Å². The molecule has 0 saturated heterocycles. The molecule has 0 aromatic heterocycles. The maximum Gasteiger partial charge on any atom is 0.304 e. The smallest absolute Gasteiger partial charge is 0.304 e. The van der Waals surface area contributed by atoms with Gasteiger partial charge in [-0.25, -0.2) is 0 Å². The van der Waals surface area contributed by atoms with Crippen molar-refractivity contribution in [2.75, 3.05) is 16.8 Å². The molecule has 1 aliphatic rings. The number of carboxylic acids is 1. The van der Waals surface area contributed by atoms with Crippen LogP contribution >= 0.6 is 23.5 Å².